The molecule has 1 aliphatic carbocycles. The Morgan fingerprint density at radius 3 is 1.98 bits per heavy atom. The van der Waals surface area contributed by atoms with Crippen LogP contribution in [0.15, 0.2) is 163 Å². The summed E-state index contributed by atoms with van der Waals surface area (Å²) in [6, 6.07) is 52.7. The zero-order valence-corrected chi connectivity index (χ0v) is 30.2. The fourth-order valence-corrected chi connectivity index (χ4v) is 9.41. The van der Waals surface area contributed by atoms with Gasteiger partial charge in [-0.2, -0.15) is 0 Å². The maximum atomic E-state index is 6.93. The third-order valence-electron chi connectivity index (χ3n) is 11.9. The average molecular weight is 693 g/mol. The number of furan rings is 1. The van der Waals surface area contributed by atoms with E-state index in [-0.39, 0.29) is 5.41 Å². The number of para-hydroxylation sites is 3. The Bertz CT molecular complexity index is 3200. The van der Waals surface area contributed by atoms with Crippen LogP contribution in [0.2, 0.25) is 0 Å². The summed E-state index contributed by atoms with van der Waals surface area (Å²) in [7, 11) is 0. The molecule has 0 amide bonds. The normalized spacial score (nSPS) is 13.3. The number of nitrogens with zero attached hydrogens (tertiary/aromatic N) is 2. The molecular formula is C51H36N2O. The predicted octanol–water partition coefficient (Wildman–Crippen LogP) is 13.9. The second kappa shape index (κ2) is 11.1. The summed E-state index contributed by atoms with van der Waals surface area (Å²) in [5.74, 6) is 0. The highest BCUT2D eigenvalue weighted by Crippen LogP contribution is 2.52. The molecule has 0 radical (unpaired) electrons. The third-order valence-corrected chi connectivity index (χ3v) is 11.9. The Kier molecular flexibility index (Phi) is 6.31. The Balaban J connectivity index is 1.30. The van der Waals surface area contributed by atoms with Gasteiger partial charge in [-0.1, -0.05) is 118 Å². The molecule has 0 bridgehead atoms. The lowest BCUT2D eigenvalue weighted by molar-refractivity contribution is 0.661. The lowest BCUT2D eigenvalue weighted by atomic mass is 9.82. The number of rotatable bonds is 5. The topological polar surface area (TPSA) is 23.0 Å². The van der Waals surface area contributed by atoms with Crippen molar-refractivity contribution in [2.45, 2.75) is 19.3 Å². The van der Waals surface area contributed by atoms with Crippen LogP contribution in [0.25, 0.3) is 100 Å². The molecule has 1 aliphatic rings. The summed E-state index contributed by atoms with van der Waals surface area (Å²) < 4.78 is 11.7. The minimum atomic E-state index is -0.125. The van der Waals surface area contributed by atoms with E-state index in [4.69, 9.17) is 4.42 Å². The fraction of sp³-hybridized carbons (Fsp3) is 0.0588. The van der Waals surface area contributed by atoms with E-state index < -0.39 is 0 Å². The summed E-state index contributed by atoms with van der Waals surface area (Å²) in [5.41, 5.74) is 16.9. The molecule has 54 heavy (non-hydrogen) atoms. The van der Waals surface area contributed by atoms with Crippen LogP contribution in [0, 0.1) is 0 Å². The highest BCUT2D eigenvalue weighted by Gasteiger charge is 2.36. The van der Waals surface area contributed by atoms with E-state index >= 15 is 0 Å². The van der Waals surface area contributed by atoms with Crippen LogP contribution in [0.5, 0.6) is 0 Å². The number of hydrogen-bond donors (Lipinski definition) is 0. The molecule has 0 atom stereocenters. The van der Waals surface area contributed by atoms with Gasteiger partial charge in [0.15, 0.2) is 0 Å². The molecule has 7 aromatic carbocycles. The van der Waals surface area contributed by atoms with Crippen molar-refractivity contribution in [2.75, 3.05) is 0 Å². The Hall–Kier alpha value is -6.84. The molecule has 10 aromatic rings. The van der Waals surface area contributed by atoms with E-state index in [9.17, 15) is 0 Å². The minimum absolute atomic E-state index is 0.125. The monoisotopic (exact) mass is 692 g/mol. The maximum Gasteiger partial charge on any atom is 0.145 e. The second-order valence-electron chi connectivity index (χ2n) is 15.0. The first-order chi connectivity index (χ1) is 26.5. The first kappa shape index (κ1) is 30.8. The molecule has 3 aromatic heterocycles. The fourth-order valence-electron chi connectivity index (χ4n) is 9.41. The van der Waals surface area contributed by atoms with Crippen LogP contribution < -0.4 is 0 Å². The third kappa shape index (κ3) is 4.01. The van der Waals surface area contributed by atoms with Gasteiger partial charge >= 0.3 is 0 Å². The highest BCUT2D eigenvalue weighted by molar-refractivity contribution is 6.28. The van der Waals surface area contributed by atoms with Gasteiger partial charge in [0.25, 0.3) is 0 Å². The number of hydrogen-bond acceptors (Lipinski definition) is 1. The van der Waals surface area contributed by atoms with Gasteiger partial charge in [0, 0.05) is 49.5 Å². The molecule has 3 heterocycles. The quantitative estimate of drug-likeness (QED) is 0.176. The predicted molar refractivity (Wildman–Crippen MR) is 228 cm³/mol. The van der Waals surface area contributed by atoms with Gasteiger partial charge < -0.3 is 13.6 Å². The van der Waals surface area contributed by atoms with Gasteiger partial charge in [0.2, 0.25) is 0 Å². The molecule has 0 fully saturated rings. The number of aromatic nitrogens is 2. The summed E-state index contributed by atoms with van der Waals surface area (Å²) in [4.78, 5) is 0. The number of fused-ring (bicyclic) bond motifs is 11. The van der Waals surface area contributed by atoms with Crippen molar-refractivity contribution in [3.05, 3.63) is 181 Å². The molecular weight excluding hydrogens is 657 g/mol. The molecule has 0 saturated heterocycles. The molecule has 0 spiro atoms. The largest absolute Gasteiger partial charge is 0.455 e. The summed E-state index contributed by atoms with van der Waals surface area (Å²) >= 11 is 0. The second-order valence-corrected chi connectivity index (χ2v) is 15.0. The van der Waals surface area contributed by atoms with E-state index in [1.165, 1.54) is 38.5 Å². The van der Waals surface area contributed by atoms with Gasteiger partial charge in [0.05, 0.1) is 27.6 Å². The van der Waals surface area contributed by atoms with Crippen molar-refractivity contribution in [1.82, 2.24) is 9.13 Å². The van der Waals surface area contributed by atoms with Gasteiger partial charge in [-0.05, 0) is 94.6 Å². The van der Waals surface area contributed by atoms with Crippen LogP contribution in [-0.2, 0) is 5.41 Å². The van der Waals surface area contributed by atoms with Crippen molar-refractivity contribution in [3.8, 4) is 33.6 Å². The molecule has 3 nitrogen and oxygen atoms in total. The van der Waals surface area contributed by atoms with Crippen LogP contribution in [0.1, 0.15) is 36.2 Å². The molecule has 11 rings (SSSR count). The standard InChI is InChI=1S/C51H36N2O/c1-5-34-39-27-31(25-26-45(39)52(44(34)6-2)32-17-9-7-10-18-32)37-28-41-40-29-38-35-21-13-15-23-42(35)51(3,4)43(38)30-46(40)53(33-19-11-8-12-20-33)49(41)48-36-22-14-16-24-47(36)54-50(37)48/h5-30H,1-2H2,3-4H3. The van der Waals surface area contributed by atoms with Crippen LogP contribution >= 0.6 is 0 Å². The van der Waals surface area contributed by atoms with Gasteiger partial charge in [0.1, 0.15) is 11.2 Å². The van der Waals surface area contributed by atoms with Crippen molar-refractivity contribution >= 4 is 66.8 Å². The summed E-state index contributed by atoms with van der Waals surface area (Å²) in [6.45, 7) is 13.2. The van der Waals surface area contributed by atoms with Crippen LogP contribution in [0.3, 0.4) is 0 Å². The molecule has 0 N–H and O–H groups in total. The van der Waals surface area contributed by atoms with E-state index in [0.29, 0.717) is 0 Å². The van der Waals surface area contributed by atoms with E-state index in [1.54, 1.807) is 0 Å². The average Bonchev–Trinajstić information content (AvgIpc) is 3.92. The Labute approximate surface area is 313 Å². The Morgan fingerprint density at radius 1 is 0.537 bits per heavy atom. The van der Waals surface area contributed by atoms with Gasteiger partial charge in [-0.3, -0.25) is 0 Å². The van der Waals surface area contributed by atoms with Crippen LogP contribution in [0.4, 0.5) is 0 Å². The minimum Gasteiger partial charge on any atom is -0.455 e. The maximum absolute atomic E-state index is 6.93. The van der Waals surface area contributed by atoms with Crippen molar-refractivity contribution < 1.29 is 4.42 Å². The van der Waals surface area contributed by atoms with Crippen molar-refractivity contribution in [3.63, 3.8) is 0 Å². The molecule has 3 heteroatoms. The first-order valence-corrected chi connectivity index (χ1v) is 18.6. The van der Waals surface area contributed by atoms with Crippen LogP contribution in [-0.4, -0.2) is 9.13 Å². The van der Waals surface area contributed by atoms with Gasteiger partial charge in [-0.25, -0.2) is 0 Å². The van der Waals surface area contributed by atoms with E-state index in [0.717, 1.165) is 72.1 Å². The lowest BCUT2D eigenvalue weighted by Crippen LogP contribution is -2.14. The lowest BCUT2D eigenvalue weighted by Gasteiger charge is -2.21. The molecule has 256 valence electrons. The Morgan fingerprint density at radius 2 is 1.22 bits per heavy atom. The summed E-state index contributed by atoms with van der Waals surface area (Å²) in [6.07, 6.45) is 3.89. The molecule has 0 unspecified atom stereocenters. The molecule has 0 aliphatic heterocycles. The summed E-state index contributed by atoms with van der Waals surface area (Å²) in [5, 5.41) is 5.77. The van der Waals surface area contributed by atoms with Gasteiger partial charge in [-0.15, -0.1) is 0 Å². The first-order valence-electron chi connectivity index (χ1n) is 18.6. The number of benzene rings is 7. The highest BCUT2D eigenvalue weighted by atomic mass is 16.3. The SMILES string of the molecule is C=Cc1c(C=C)n(-c2ccccc2)c2ccc(-c3cc4c5cc6c(cc5n(-c5ccccc5)c4c4c3oc3ccccc34)C(C)(C)c3ccccc3-6)cc12. The van der Waals surface area contributed by atoms with E-state index in [1.807, 2.05) is 18.2 Å². The van der Waals surface area contributed by atoms with Crippen molar-refractivity contribution in [2.24, 2.45) is 0 Å². The zero-order chi connectivity index (χ0) is 36.3. The van der Waals surface area contributed by atoms with E-state index in [2.05, 4.69) is 176 Å². The zero-order valence-electron chi connectivity index (χ0n) is 30.2. The smallest absolute Gasteiger partial charge is 0.145 e. The van der Waals surface area contributed by atoms with Crippen molar-refractivity contribution in [1.29, 1.82) is 0 Å². The molecule has 0 saturated carbocycles.